The Morgan fingerprint density at radius 3 is 2.65 bits per heavy atom. The molecule has 1 heterocycles. The van der Waals surface area contributed by atoms with Crippen LogP contribution >= 0.6 is 12.2 Å². The molecular formula is C13H13FN2S. The predicted molar refractivity (Wildman–Crippen MR) is 68.8 cm³/mol. The Morgan fingerprint density at radius 1 is 1.29 bits per heavy atom. The van der Waals surface area contributed by atoms with Crippen LogP contribution in [0.1, 0.15) is 19.0 Å². The molecule has 2 rings (SSSR count). The molecule has 0 aliphatic heterocycles. The van der Waals surface area contributed by atoms with E-state index >= 15 is 0 Å². The summed E-state index contributed by atoms with van der Waals surface area (Å²) in [6.07, 6.45) is 1.97. The number of halogens is 1. The molecule has 2 nitrogen and oxygen atoms in total. The Kier molecular flexibility index (Phi) is 3.64. The van der Waals surface area contributed by atoms with Crippen molar-refractivity contribution in [3.63, 3.8) is 0 Å². The summed E-state index contributed by atoms with van der Waals surface area (Å²) in [7, 11) is 0. The van der Waals surface area contributed by atoms with Gasteiger partial charge in [-0.3, -0.25) is 0 Å². The van der Waals surface area contributed by atoms with Crippen LogP contribution in [-0.4, -0.2) is 9.97 Å². The number of nitrogens with one attached hydrogen (secondary N) is 1. The second-order valence-corrected chi connectivity index (χ2v) is 4.27. The minimum atomic E-state index is -0.253. The molecular weight excluding hydrogens is 235 g/mol. The van der Waals surface area contributed by atoms with E-state index in [2.05, 4.69) is 16.9 Å². The fourth-order valence-electron chi connectivity index (χ4n) is 1.66. The standard InChI is InChI=1S/C13H13FN2S/c1-2-3-11-8-12(17)16-13(15-11)9-4-6-10(14)7-5-9/h4-8H,2-3H2,1H3,(H,15,16,17). The van der Waals surface area contributed by atoms with Gasteiger partial charge in [-0.15, -0.1) is 0 Å². The molecule has 1 aromatic carbocycles. The van der Waals surface area contributed by atoms with Gasteiger partial charge in [0.2, 0.25) is 0 Å². The molecule has 0 bridgehead atoms. The molecule has 0 radical (unpaired) electrons. The highest BCUT2D eigenvalue weighted by Crippen LogP contribution is 2.16. The minimum absolute atomic E-state index is 0.253. The third kappa shape index (κ3) is 2.97. The third-order valence-electron chi connectivity index (χ3n) is 2.44. The van der Waals surface area contributed by atoms with Crippen LogP contribution in [-0.2, 0) is 6.42 Å². The number of hydrogen-bond acceptors (Lipinski definition) is 2. The first-order chi connectivity index (χ1) is 8.19. The monoisotopic (exact) mass is 248 g/mol. The summed E-state index contributed by atoms with van der Waals surface area (Å²) < 4.78 is 13.4. The van der Waals surface area contributed by atoms with E-state index in [1.54, 1.807) is 12.1 Å². The molecule has 2 aromatic rings. The van der Waals surface area contributed by atoms with E-state index in [9.17, 15) is 4.39 Å². The maximum absolute atomic E-state index is 12.8. The zero-order valence-electron chi connectivity index (χ0n) is 9.53. The van der Waals surface area contributed by atoms with E-state index in [0.29, 0.717) is 10.5 Å². The van der Waals surface area contributed by atoms with Crippen LogP contribution in [0.3, 0.4) is 0 Å². The largest absolute Gasteiger partial charge is 0.343 e. The molecule has 0 saturated carbocycles. The lowest BCUT2D eigenvalue weighted by Gasteiger charge is -2.05. The van der Waals surface area contributed by atoms with E-state index in [0.717, 1.165) is 24.1 Å². The van der Waals surface area contributed by atoms with E-state index in [-0.39, 0.29) is 5.82 Å². The fourth-order valence-corrected chi connectivity index (χ4v) is 1.89. The van der Waals surface area contributed by atoms with Crippen LogP contribution in [0.25, 0.3) is 11.4 Å². The van der Waals surface area contributed by atoms with Crippen molar-refractivity contribution in [1.82, 2.24) is 9.97 Å². The highest BCUT2D eigenvalue weighted by atomic mass is 32.1. The summed E-state index contributed by atoms with van der Waals surface area (Å²) >= 11 is 5.12. The number of rotatable bonds is 3. The van der Waals surface area contributed by atoms with Gasteiger partial charge in [0.05, 0.1) is 0 Å². The summed E-state index contributed by atoms with van der Waals surface area (Å²) in [5.74, 6) is 0.443. The Labute approximate surface area is 105 Å². The highest BCUT2D eigenvalue weighted by molar-refractivity contribution is 7.71. The van der Waals surface area contributed by atoms with Gasteiger partial charge in [-0.25, -0.2) is 9.37 Å². The summed E-state index contributed by atoms with van der Waals surface area (Å²) in [6, 6.07) is 8.09. The van der Waals surface area contributed by atoms with E-state index < -0.39 is 0 Å². The summed E-state index contributed by atoms with van der Waals surface area (Å²) in [5.41, 5.74) is 1.90. The van der Waals surface area contributed by atoms with Crippen molar-refractivity contribution in [2.45, 2.75) is 19.8 Å². The summed E-state index contributed by atoms with van der Waals surface area (Å²) in [4.78, 5) is 7.47. The fraction of sp³-hybridized carbons (Fsp3) is 0.231. The Hall–Kier alpha value is -1.55. The maximum atomic E-state index is 12.8. The van der Waals surface area contributed by atoms with Crippen LogP contribution in [0.4, 0.5) is 4.39 Å². The van der Waals surface area contributed by atoms with Crippen molar-refractivity contribution in [2.75, 3.05) is 0 Å². The molecule has 0 aliphatic rings. The zero-order valence-corrected chi connectivity index (χ0v) is 10.4. The third-order valence-corrected chi connectivity index (χ3v) is 2.64. The lowest BCUT2D eigenvalue weighted by atomic mass is 10.2. The SMILES string of the molecule is CCCc1cc(=S)nc(-c2ccc(F)cc2)[nH]1. The normalized spacial score (nSPS) is 10.5. The lowest BCUT2D eigenvalue weighted by molar-refractivity contribution is 0.628. The Bertz CT molecular complexity index is 560. The van der Waals surface area contributed by atoms with Crippen molar-refractivity contribution in [3.05, 3.63) is 46.5 Å². The van der Waals surface area contributed by atoms with Crippen molar-refractivity contribution in [1.29, 1.82) is 0 Å². The number of nitrogens with zero attached hydrogens (tertiary/aromatic N) is 1. The molecule has 0 unspecified atom stereocenters. The zero-order chi connectivity index (χ0) is 12.3. The molecule has 17 heavy (non-hydrogen) atoms. The first-order valence-electron chi connectivity index (χ1n) is 5.55. The van der Waals surface area contributed by atoms with E-state index in [1.165, 1.54) is 12.1 Å². The summed E-state index contributed by atoms with van der Waals surface area (Å²) in [6.45, 7) is 2.11. The average Bonchev–Trinajstić information content (AvgIpc) is 2.29. The van der Waals surface area contributed by atoms with E-state index in [4.69, 9.17) is 12.2 Å². The molecule has 0 spiro atoms. The van der Waals surface area contributed by atoms with Gasteiger partial charge in [-0.05, 0) is 36.8 Å². The van der Waals surface area contributed by atoms with Crippen LogP contribution < -0.4 is 0 Å². The van der Waals surface area contributed by atoms with Gasteiger partial charge in [0.25, 0.3) is 0 Å². The van der Waals surface area contributed by atoms with Gasteiger partial charge >= 0.3 is 0 Å². The van der Waals surface area contributed by atoms with E-state index in [1.807, 2.05) is 6.07 Å². The highest BCUT2D eigenvalue weighted by Gasteiger charge is 2.02. The number of aromatic amines is 1. The Balaban J connectivity index is 2.44. The lowest BCUT2D eigenvalue weighted by Crippen LogP contribution is -1.96. The van der Waals surface area contributed by atoms with Crippen molar-refractivity contribution >= 4 is 12.2 Å². The molecule has 0 atom stereocenters. The number of hydrogen-bond donors (Lipinski definition) is 1. The molecule has 0 amide bonds. The van der Waals surface area contributed by atoms with Crippen LogP contribution in [0.2, 0.25) is 0 Å². The molecule has 0 saturated heterocycles. The predicted octanol–water partition coefficient (Wildman–Crippen LogP) is 3.90. The van der Waals surface area contributed by atoms with Crippen LogP contribution in [0.15, 0.2) is 30.3 Å². The molecule has 88 valence electrons. The van der Waals surface area contributed by atoms with Crippen molar-refractivity contribution in [3.8, 4) is 11.4 Å². The quantitative estimate of drug-likeness (QED) is 0.835. The van der Waals surface area contributed by atoms with Crippen molar-refractivity contribution < 1.29 is 4.39 Å². The van der Waals surface area contributed by atoms with Gasteiger partial charge in [0, 0.05) is 11.3 Å². The number of aromatic nitrogens is 2. The molecule has 0 fully saturated rings. The second-order valence-electron chi connectivity index (χ2n) is 3.85. The van der Waals surface area contributed by atoms with Gasteiger partial charge < -0.3 is 4.98 Å². The molecule has 1 N–H and O–H groups in total. The summed E-state index contributed by atoms with van der Waals surface area (Å²) in [5, 5.41) is 0. The smallest absolute Gasteiger partial charge is 0.139 e. The van der Waals surface area contributed by atoms with Gasteiger partial charge in [-0.1, -0.05) is 25.6 Å². The number of benzene rings is 1. The molecule has 0 aliphatic carbocycles. The molecule has 1 aromatic heterocycles. The number of H-pyrrole nitrogens is 1. The van der Waals surface area contributed by atoms with Crippen LogP contribution in [0, 0.1) is 10.5 Å². The maximum Gasteiger partial charge on any atom is 0.139 e. The van der Waals surface area contributed by atoms with Gasteiger partial charge in [-0.2, -0.15) is 0 Å². The first-order valence-corrected chi connectivity index (χ1v) is 5.96. The Morgan fingerprint density at radius 2 is 2.00 bits per heavy atom. The van der Waals surface area contributed by atoms with Gasteiger partial charge in [0.1, 0.15) is 16.3 Å². The van der Waals surface area contributed by atoms with Gasteiger partial charge in [0.15, 0.2) is 0 Å². The second kappa shape index (κ2) is 5.19. The first kappa shape index (κ1) is 11.9. The number of aryl methyl sites for hydroxylation is 1. The van der Waals surface area contributed by atoms with Crippen LogP contribution in [0.5, 0.6) is 0 Å². The van der Waals surface area contributed by atoms with Crippen molar-refractivity contribution in [2.24, 2.45) is 0 Å². The molecule has 4 heteroatoms. The topological polar surface area (TPSA) is 28.7 Å². The average molecular weight is 248 g/mol. The minimum Gasteiger partial charge on any atom is -0.343 e.